The molecule has 0 radical (unpaired) electrons. The lowest BCUT2D eigenvalue weighted by molar-refractivity contribution is -0.136. The van der Waals surface area contributed by atoms with Crippen LogP contribution in [0.2, 0.25) is 0 Å². The van der Waals surface area contributed by atoms with Gasteiger partial charge in [0, 0.05) is 20.2 Å². The summed E-state index contributed by atoms with van der Waals surface area (Å²) in [6.07, 6.45) is 1.76. The van der Waals surface area contributed by atoms with Gasteiger partial charge in [-0.05, 0) is 12.8 Å². The predicted octanol–water partition coefficient (Wildman–Crippen LogP) is 0.252. The highest BCUT2D eigenvalue weighted by Gasteiger charge is 2.34. The number of nitrogens with zero attached hydrogens (tertiary/aromatic N) is 1. The zero-order chi connectivity index (χ0) is 10.6. The van der Waals surface area contributed by atoms with Crippen molar-refractivity contribution in [2.75, 3.05) is 26.8 Å². The Labute approximate surface area is 84.8 Å². The highest BCUT2D eigenvalue weighted by molar-refractivity contribution is 5.79. The van der Waals surface area contributed by atoms with Gasteiger partial charge in [-0.1, -0.05) is 6.92 Å². The summed E-state index contributed by atoms with van der Waals surface area (Å²) in [6.45, 7) is 3.14. The minimum absolute atomic E-state index is 0.00319. The molecule has 4 nitrogen and oxygen atoms in total. The van der Waals surface area contributed by atoms with E-state index >= 15 is 0 Å². The summed E-state index contributed by atoms with van der Waals surface area (Å²) in [4.78, 5) is 13.4. The minimum atomic E-state index is -0.00319. The van der Waals surface area contributed by atoms with Crippen LogP contribution in [0, 0.1) is 5.92 Å². The van der Waals surface area contributed by atoms with Crippen LogP contribution < -0.4 is 0 Å². The summed E-state index contributed by atoms with van der Waals surface area (Å²) in [5.74, 6) is 0.0972. The molecule has 0 spiro atoms. The first-order valence-corrected chi connectivity index (χ1v) is 5.18. The Bertz CT molecular complexity index is 196. The molecule has 0 aromatic carbocycles. The van der Waals surface area contributed by atoms with Crippen molar-refractivity contribution in [1.29, 1.82) is 0 Å². The molecule has 1 saturated heterocycles. The maximum absolute atomic E-state index is 11.8. The third-order valence-electron chi connectivity index (χ3n) is 2.74. The van der Waals surface area contributed by atoms with Gasteiger partial charge in [-0.3, -0.25) is 4.79 Å². The van der Waals surface area contributed by atoms with Crippen molar-refractivity contribution in [3.8, 4) is 0 Å². The molecule has 1 amide bonds. The third-order valence-corrected chi connectivity index (χ3v) is 2.74. The maximum atomic E-state index is 11.8. The van der Waals surface area contributed by atoms with E-state index in [9.17, 15) is 4.79 Å². The van der Waals surface area contributed by atoms with Crippen molar-refractivity contribution in [1.82, 2.24) is 4.90 Å². The predicted molar refractivity (Wildman–Crippen MR) is 52.9 cm³/mol. The number of carbonyl (C=O) groups excluding carboxylic acids is 1. The fourth-order valence-corrected chi connectivity index (χ4v) is 1.88. The van der Waals surface area contributed by atoms with E-state index in [0.717, 1.165) is 12.8 Å². The van der Waals surface area contributed by atoms with E-state index in [1.165, 1.54) is 0 Å². The van der Waals surface area contributed by atoms with Gasteiger partial charge in [0.05, 0.1) is 18.6 Å². The van der Waals surface area contributed by atoms with Gasteiger partial charge in [-0.25, -0.2) is 0 Å². The number of likely N-dealkylation sites (N-methyl/N-ethyl adjacent to an activating group) is 1. The summed E-state index contributed by atoms with van der Waals surface area (Å²) in [5, 5.41) is 8.73. The molecular formula is C10H19NO3. The largest absolute Gasteiger partial charge is 0.395 e. The Hall–Kier alpha value is -0.610. The molecule has 4 heteroatoms. The fourth-order valence-electron chi connectivity index (χ4n) is 1.88. The molecule has 14 heavy (non-hydrogen) atoms. The number of carbonyl (C=O) groups is 1. The molecular weight excluding hydrogens is 182 g/mol. The van der Waals surface area contributed by atoms with Gasteiger partial charge in [0.15, 0.2) is 0 Å². The van der Waals surface area contributed by atoms with Gasteiger partial charge in [0.25, 0.3) is 0 Å². The second-order valence-corrected chi connectivity index (χ2v) is 3.70. The van der Waals surface area contributed by atoms with Crippen molar-refractivity contribution < 1.29 is 14.6 Å². The zero-order valence-corrected chi connectivity index (χ0v) is 8.90. The van der Waals surface area contributed by atoms with Crippen LogP contribution in [0.1, 0.15) is 19.8 Å². The van der Waals surface area contributed by atoms with Crippen molar-refractivity contribution in [3.05, 3.63) is 0 Å². The van der Waals surface area contributed by atoms with E-state index < -0.39 is 0 Å². The molecule has 1 rings (SSSR count). The number of aliphatic hydroxyl groups excluding tert-OH is 1. The lowest BCUT2D eigenvalue weighted by Crippen LogP contribution is -2.38. The lowest BCUT2D eigenvalue weighted by atomic mass is 9.98. The summed E-state index contributed by atoms with van der Waals surface area (Å²) < 4.78 is 5.45. The van der Waals surface area contributed by atoms with Crippen LogP contribution in [-0.2, 0) is 9.53 Å². The zero-order valence-electron chi connectivity index (χ0n) is 8.90. The summed E-state index contributed by atoms with van der Waals surface area (Å²) in [7, 11) is 1.73. The molecule has 0 aromatic heterocycles. The van der Waals surface area contributed by atoms with E-state index in [1.807, 2.05) is 6.92 Å². The topological polar surface area (TPSA) is 49.8 Å². The number of amides is 1. The van der Waals surface area contributed by atoms with E-state index in [2.05, 4.69) is 0 Å². The first kappa shape index (κ1) is 11.5. The minimum Gasteiger partial charge on any atom is -0.395 e. The number of aliphatic hydroxyl groups is 1. The molecule has 1 N–H and O–H groups in total. The Morgan fingerprint density at radius 1 is 1.64 bits per heavy atom. The molecule has 0 aromatic rings. The maximum Gasteiger partial charge on any atom is 0.228 e. The van der Waals surface area contributed by atoms with Crippen LogP contribution in [0.4, 0.5) is 0 Å². The van der Waals surface area contributed by atoms with Crippen LogP contribution in [0.5, 0.6) is 0 Å². The van der Waals surface area contributed by atoms with E-state index in [-0.39, 0.29) is 24.5 Å². The van der Waals surface area contributed by atoms with Crippen LogP contribution >= 0.6 is 0 Å². The number of hydrogen-bond acceptors (Lipinski definition) is 3. The highest BCUT2D eigenvalue weighted by Crippen LogP contribution is 2.24. The van der Waals surface area contributed by atoms with E-state index in [1.54, 1.807) is 11.9 Å². The Balaban J connectivity index is 2.50. The number of ether oxygens (including phenoxy) is 1. The van der Waals surface area contributed by atoms with E-state index in [0.29, 0.717) is 13.2 Å². The molecule has 2 atom stereocenters. The Kier molecular flexibility index (Phi) is 4.35. The van der Waals surface area contributed by atoms with Crippen LogP contribution in [-0.4, -0.2) is 48.8 Å². The first-order chi connectivity index (χ1) is 6.70. The monoisotopic (exact) mass is 201 g/mol. The van der Waals surface area contributed by atoms with Crippen molar-refractivity contribution in [3.63, 3.8) is 0 Å². The third kappa shape index (κ3) is 2.45. The molecule has 1 aliphatic heterocycles. The second kappa shape index (κ2) is 5.32. The number of rotatable bonds is 4. The lowest BCUT2D eigenvalue weighted by Gasteiger charge is -2.22. The van der Waals surface area contributed by atoms with Crippen LogP contribution in [0.3, 0.4) is 0 Å². The molecule has 1 aliphatic rings. The van der Waals surface area contributed by atoms with Gasteiger partial charge in [-0.2, -0.15) is 0 Å². The summed E-state index contributed by atoms with van der Waals surface area (Å²) >= 11 is 0. The van der Waals surface area contributed by atoms with Crippen molar-refractivity contribution in [2.24, 2.45) is 5.92 Å². The average molecular weight is 201 g/mol. The standard InChI is InChI=1S/C10H19NO3/c1-3-9-8(4-7-14-9)10(13)11(2)5-6-12/h8-9,12H,3-7H2,1-2H3. The van der Waals surface area contributed by atoms with Gasteiger partial charge in [0.1, 0.15) is 0 Å². The van der Waals surface area contributed by atoms with Crippen molar-refractivity contribution >= 4 is 5.91 Å². The molecule has 0 bridgehead atoms. The summed E-state index contributed by atoms with van der Waals surface area (Å²) in [5.41, 5.74) is 0. The average Bonchev–Trinajstić information content (AvgIpc) is 2.64. The smallest absolute Gasteiger partial charge is 0.228 e. The molecule has 82 valence electrons. The molecule has 1 heterocycles. The van der Waals surface area contributed by atoms with Gasteiger partial charge >= 0.3 is 0 Å². The fraction of sp³-hybridized carbons (Fsp3) is 0.900. The second-order valence-electron chi connectivity index (χ2n) is 3.70. The summed E-state index contributed by atoms with van der Waals surface area (Å²) in [6, 6.07) is 0. The Morgan fingerprint density at radius 3 is 2.93 bits per heavy atom. The van der Waals surface area contributed by atoms with Crippen LogP contribution in [0.25, 0.3) is 0 Å². The molecule has 0 saturated carbocycles. The van der Waals surface area contributed by atoms with Crippen molar-refractivity contribution in [2.45, 2.75) is 25.9 Å². The van der Waals surface area contributed by atoms with Crippen LogP contribution in [0.15, 0.2) is 0 Å². The molecule has 1 fully saturated rings. The highest BCUT2D eigenvalue weighted by atomic mass is 16.5. The quantitative estimate of drug-likeness (QED) is 0.709. The van der Waals surface area contributed by atoms with Gasteiger partial charge < -0.3 is 14.7 Å². The van der Waals surface area contributed by atoms with Gasteiger partial charge in [-0.15, -0.1) is 0 Å². The van der Waals surface area contributed by atoms with E-state index in [4.69, 9.17) is 9.84 Å². The molecule has 0 aliphatic carbocycles. The Morgan fingerprint density at radius 2 is 2.36 bits per heavy atom. The van der Waals surface area contributed by atoms with Gasteiger partial charge in [0.2, 0.25) is 5.91 Å². The number of hydrogen-bond donors (Lipinski definition) is 1. The molecule has 2 unspecified atom stereocenters. The SMILES string of the molecule is CCC1OCCC1C(=O)N(C)CCO. The first-order valence-electron chi connectivity index (χ1n) is 5.18. The normalized spacial score (nSPS) is 26.5.